The van der Waals surface area contributed by atoms with E-state index < -0.39 is 10.0 Å². The Bertz CT molecular complexity index is 1100. The summed E-state index contributed by atoms with van der Waals surface area (Å²) in [5.74, 6) is 0.444. The lowest BCUT2D eigenvalue weighted by Crippen LogP contribution is -2.27. The van der Waals surface area contributed by atoms with Gasteiger partial charge in [0.1, 0.15) is 5.75 Å². The van der Waals surface area contributed by atoms with Crippen molar-refractivity contribution in [3.63, 3.8) is 0 Å². The van der Waals surface area contributed by atoms with E-state index >= 15 is 0 Å². The molecule has 0 bridgehead atoms. The van der Waals surface area contributed by atoms with Crippen molar-refractivity contribution in [3.8, 4) is 5.75 Å². The fraction of sp³-hybridized carbons (Fsp3) is 0.174. The Morgan fingerprint density at radius 3 is 2.33 bits per heavy atom. The van der Waals surface area contributed by atoms with Crippen molar-refractivity contribution in [1.82, 2.24) is 5.32 Å². The normalized spacial score (nSPS) is 12.1. The Balaban J connectivity index is 1.68. The standard InChI is InChI=1S/C23H24N2O4S/c1-17(18-7-4-3-5-8-18)16-24-23(26)19-9-6-10-22(15-19)30(27,28)25-20-11-13-21(29-2)14-12-20/h3-15,17,25H,16H2,1-2H3,(H,24,26). The average molecular weight is 425 g/mol. The number of hydrogen-bond acceptors (Lipinski definition) is 4. The second-order valence-corrected chi connectivity index (χ2v) is 8.57. The van der Waals surface area contributed by atoms with Crippen LogP contribution in [0.15, 0.2) is 83.8 Å². The van der Waals surface area contributed by atoms with Crippen LogP contribution in [0.5, 0.6) is 5.75 Å². The molecule has 3 aromatic carbocycles. The van der Waals surface area contributed by atoms with Crippen molar-refractivity contribution < 1.29 is 17.9 Å². The molecule has 0 aliphatic heterocycles. The highest BCUT2D eigenvalue weighted by Gasteiger charge is 2.17. The van der Waals surface area contributed by atoms with Crippen molar-refractivity contribution in [1.29, 1.82) is 0 Å². The average Bonchev–Trinajstić information content (AvgIpc) is 2.78. The predicted octanol–water partition coefficient (Wildman–Crippen LogP) is 4.03. The number of hydrogen-bond donors (Lipinski definition) is 2. The monoisotopic (exact) mass is 424 g/mol. The van der Waals surface area contributed by atoms with Crippen LogP contribution in [0.4, 0.5) is 5.69 Å². The summed E-state index contributed by atoms with van der Waals surface area (Å²) < 4.78 is 33.0. The Hall–Kier alpha value is -3.32. The third-order valence-electron chi connectivity index (χ3n) is 4.69. The van der Waals surface area contributed by atoms with Crippen molar-refractivity contribution in [3.05, 3.63) is 90.0 Å². The minimum absolute atomic E-state index is 0.0158. The number of amides is 1. The van der Waals surface area contributed by atoms with Crippen LogP contribution >= 0.6 is 0 Å². The van der Waals surface area contributed by atoms with Crippen LogP contribution in [0, 0.1) is 0 Å². The molecule has 0 saturated carbocycles. The lowest BCUT2D eigenvalue weighted by atomic mass is 10.0. The third-order valence-corrected chi connectivity index (χ3v) is 6.07. The van der Waals surface area contributed by atoms with E-state index in [0.29, 0.717) is 18.0 Å². The third kappa shape index (κ3) is 5.39. The van der Waals surface area contributed by atoms with E-state index in [9.17, 15) is 13.2 Å². The summed E-state index contributed by atoms with van der Waals surface area (Å²) in [7, 11) is -2.30. The Labute approximate surface area is 177 Å². The molecule has 0 heterocycles. The van der Waals surface area contributed by atoms with Crippen molar-refractivity contribution in [2.45, 2.75) is 17.7 Å². The minimum atomic E-state index is -3.83. The highest BCUT2D eigenvalue weighted by Crippen LogP contribution is 2.20. The van der Waals surface area contributed by atoms with E-state index in [-0.39, 0.29) is 22.3 Å². The number of benzene rings is 3. The van der Waals surface area contributed by atoms with Gasteiger partial charge in [0, 0.05) is 17.8 Å². The topological polar surface area (TPSA) is 84.5 Å². The molecule has 1 unspecified atom stereocenters. The summed E-state index contributed by atoms with van der Waals surface area (Å²) >= 11 is 0. The summed E-state index contributed by atoms with van der Waals surface area (Å²) in [5, 5.41) is 2.87. The van der Waals surface area contributed by atoms with E-state index in [1.165, 1.54) is 19.2 Å². The van der Waals surface area contributed by atoms with Gasteiger partial charge >= 0.3 is 0 Å². The second kappa shape index (κ2) is 9.45. The van der Waals surface area contributed by atoms with Crippen molar-refractivity contribution >= 4 is 21.6 Å². The smallest absolute Gasteiger partial charge is 0.261 e. The molecule has 0 aliphatic carbocycles. The first kappa shape index (κ1) is 21.4. The summed E-state index contributed by atoms with van der Waals surface area (Å²) in [6, 6.07) is 22.4. The molecular weight excluding hydrogens is 400 g/mol. The second-order valence-electron chi connectivity index (χ2n) is 6.88. The molecule has 2 N–H and O–H groups in total. The van der Waals surface area contributed by atoms with Gasteiger partial charge < -0.3 is 10.1 Å². The highest BCUT2D eigenvalue weighted by molar-refractivity contribution is 7.92. The number of ether oxygens (including phenoxy) is 1. The Morgan fingerprint density at radius 1 is 0.967 bits per heavy atom. The molecule has 30 heavy (non-hydrogen) atoms. The van der Waals surface area contributed by atoms with Gasteiger partial charge in [-0.3, -0.25) is 9.52 Å². The molecule has 6 nitrogen and oxygen atoms in total. The van der Waals surface area contributed by atoms with Crippen LogP contribution in [0.2, 0.25) is 0 Å². The molecule has 156 valence electrons. The fourth-order valence-electron chi connectivity index (χ4n) is 2.92. The quantitative estimate of drug-likeness (QED) is 0.572. The molecular formula is C23H24N2O4S. The molecule has 0 spiro atoms. The van der Waals surface area contributed by atoms with Gasteiger partial charge in [-0.05, 0) is 53.9 Å². The summed E-state index contributed by atoms with van der Waals surface area (Å²) in [6.45, 7) is 2.47. The number of sulfonamides is 1. The van der Waals surface area contributed by atoms with E-state index in [2.05, 4.69) is 10.0 Å². The summed E-state index contributed by atoms with van der Waals surface area (Å²) in [5.41, 5.74) is 1.81. The van der Waals surface area contributed by atoms with E-state index in [4.69, 9.17) is 4.74 Å². The van der Waals surface area contributed by atoms with Crippen LogP contribution in [-0.4, -0.2) is 28.0 Å². The molecule has 3 rings (SSSR count). The SMILES string of the molecule is COc1ccc(NS(=O)(=O)c2cccc(C(=O)NCC(C)c3ccccc3)c2)cc1. The van der Waals surface area contributed by atoms with Crippen LogP contribution < -0.4 is 14.8 Å². The van der Waals surface area contributed by atoms with Gasteiger partial charge in [0.25, 0.3) is 15.9 Å². The fourth-order valence-corrected chi connectivity index (χ4v) is 4.03. The van der Waals surface area contributed by atoms with Crippen molar-refractivity contribution in [2.75, 3.05) is 18.4 Å². The van der Waals surface area contributed by atoms with Gasteiger partial charge in [-0.2, -0.15) is 0 Å². The first-order valence-electron chi connectivity index (χ1n) is 9.49. The van der Waals surface area contributed by atoms with Gasteiger partial charge in [0.2, 0.25) is 0 Å². The molecule has 3 aromatic rings. The maximum absolute atomic E-state index is 12.7. The van der Waals surface area contributed by atoms with Crippen LogP contribution in [-0.2, 0) is 10.0 Å². The van der Waals surface area contributed by atoms with Crippen LogP contribution in [0.25, 0.3) is 0 Å². The van der Waals surface area contributed by atoms with E-state index in [0.717, 1.165) is 5.56 Å². The lowest BCUT2D eigenvalue weighted by molar-refractivity contribution is 0.0951. The minimum Gasteiger partial charge on any atom is -0.497 e. The van der Waals surface area contributed by atoms with Gasteiger partial charge in [-0.15, -0.1) is 0 Å². The molecule has 0 radical (unpaired) electrons. The molecule has 1 amide bonds. The maximum atomic E-state index is 12.7. The number of rotatable bonds is 8. The van der Waals surface area contributed by atoms with E-state index in [1.807, 2.05) is 37.3 Å². The zero-order valence-electron chi connectivity index (χ0n) is 16.8. The van der Waals surface area contributed by atoms with E-state index in [1.54, 1.807) is 36.4 Å². The maximum Gasteiger partial charge on any atom is 0.261 e. The largest absolute Gasteiger partial charge is 0.497 e. The number of carbonyl (C=O) groups excluding carboxylic acids is 1. The summed E-state index contributed by atoms with van der Waals surface area (Å²) in [4.78, 5) is 12.6. The number of anilines is 1. The zero-order chi connectivity index (χ0) is 21.6. The molecule has 7 heteroatoms. The first-order valence-corrected chi connectivity index (χ1v) is 11.0. The summed E-state index contributed by atoms with van der Waals surface area (Å²) in [6.07, 6.45) is 0. The molecule has 0 saturated heterocycles. The highest BCUT2D eigenvalue weighted by atomic mass is 32.2. The van der Waals surface area contributed by atoms with Gasteiger partial charge in [0.05, 0.1) is 12.0 Å². The number of methoxy groups -OCH3 is 1. The van der Waals surface area contributed by atoms with Gasteiger partial charge in [-0.25, -0.2) is 8.42 Å². The molecule has 0 aliphatic rings. The van der Waals surface area contributed by atoms with Crippen LogP contribution in [0.1, 0.15) is 28.8 Å². The Kier molecular flexibility index (Phi) is 6.74. The molecule has 1 atom stereocenters. The number of nitrogens with one attached hydrogen (secondary N) is 2. The first-order chi connectivity index (χ1) is 14.4. The predicted molar refractivity (Wildman–Crippen MR) is 117 cm³/mol. The number of carbonyl (C=O) groups is 1. The Morgan fingerprint density at radius 2 is 1.67 bits per heavy atom. The zero-order valence-corrected chi connectivity index (χ0v) is 17.6. The molecule has 0 aromatic heterocycles. The van der Waals surface area contributed by atoms with Gasteiger partial charge in [0.15, 0.2) is 0 Å². The lowest BCUT2D eigenvalue weighted by Gasteiger charge is -2.14. The van der Waals surface area contributed by atoms with Crippen LogP contribution in [0.3, 0.4) is 0 Å². The van der Waals surface area contributed by atoms with Gasteiger partial charge in [-0.1, -0.05) is 43.3 Å². The molecule has 0 fully saturated rings. The van der Waals surface area contributed by atoms with Crippen molar-refractivity contribution in [2.24, 2.45) is 0 Å².